The van der Waals surface area contributed by atoms with Gasteiger partial charge in [-0.1, -0.05) is 30.3 Å². The standard InChI is InChI=1S/C21H15BrN4O5/c22-17-10-3-1-8-15(17)20(28)23-18-11-4-2-9-16(18)21(29)25-24-19(27)13-6-5-7-14(12-13)26(30)31/h1-12H,(H,23,28)(H,24,27)(H,25,29). The van der Waals surface area contributed by atoms with Crippen LogP contribution < -0.4 is 16.2 Å². The number of hydrogen-bond donors (Lipinski definition) is 3. The van der Waals surface area contributed by atoms with E-state index in [4.69, 9.17) is 0 Å². The summed E-state index contributed by atoms with van der Waals surface area (Å²) in [6.45, 7) is 0. The first-order valence-corrected chi connectivity index (χ1v) is 9.66. The Kier molecular flexibility index (Phi) is 6.73. The molecule has 0 saturated heterocycles. The number of nitro benzene ring substituents is 1. The van der Waals surface area contributed by atoms with Crippen LogP contribution >= 0.6 is 15.9 Å². The molecular formula is C21H15BrN4O5. The van der Waals surface area contributed by atoms with Crippen LogP contribution in [0.3, 0.4) is 0 Å². The number of hydrogen-bond acceptors (Lipinski definition) is 5. The van der Waals surface area contributed by atoms with Crippen molar-refractivity contribution >= 4 is 45.0 Å². The first kappa shape index (κ1) is 21.7. The number of non-ortho nitro benzene ring substituents is 1. The summed E-state index contributed by atoms with van der Waals surface area (Å²) in [4.78, 5) is 47.6. The first-order chi connectivity index (χ1) is 14.9. The third-order valence-electron chi connectivity index (χ3n) is 4.15. The van der Waals surface area contributed by atoms with Gasteiger partial charge in [0.05, 0.1) is 21.7 Å². The number of hydrazine groups is 1. The average Bonchev–Trinajstić information content (AvgIpc) is 2.78. The lowest BCUT2D eigenvalue weighted by molar-refractivity contribution is -0.384. The highest BCUT2D eigenvalue weighted by Gasteiger charge is 2.17. The smallest absolute Gasteiger partial charge is 0.271 e. The lowest BCUT2D eigenvalue weighted by Crippen LogP contribution is -2.41. The zero-order valence-electron chi connectivity index (χ0n) is 15.8. The fourth-order valence-electron chi connectivity index (χ4n) is 2.64. The highest BCUT2D eigenvalue weighted by Crippen LogP contribution is 2.20. The van der Waals surface area contributed by atoms with E-state index in [2.05, 4.69) is 32.1 Å². The monoisotopic (exact) mass is 482 g/mol. The molecule has 0 atom stereocenters. The lowest BCUT2D eigenvalue weighted by atomic mass is 10.1. The zero-order chi connectivity index (χ0) is 22.4. The molecule has 0 saturated carbocycles. The van der Waals surface area contributed by atoms with E-state index >= 15 is 0 Å². The number of carbonyl (C=O) groups excluding carboxylic acids is 3. The Bertz CT molecular complexity index is 1180. The summed E-state index contributed by atoms with van der Waals surface area (Å²) in [6, 6.07) is 18.2. The molecule has 0 unspecified atom stereocenters. The van der Waals surface area contributed by atoms with Crippen LogP contribution in [-0.2, 0) is 0 Å². The molecule has 3 rings (SSSR count). The Labute approximate surface area is 184 Å². The number of nitro groups is 1. The number of anilines is 1. The Morgan fingerprint density at radius 1 is 0.774 bits per heavy atom. The summed E-state index contributed by atoms with van der Waals surface area (Å²) in [7, 11) is 0. The molecule has 0 heterocycles. The SMILES string of the molecule is O=C(NNC(=O)c1ccccc1NC(=O)c1ccccc1Br)c1cccc([N+](=O)[O-])c1. The largest absolute Gasteiger partial charge is 0.321 e. The number of carbonyl (C=O) groups is 3. The van der Waals surface area contributed by atoms with Crippen molar-refractivity contribution in [2.24, 2.45) is 0 Å². The Hall–Kier alpha value is -4.05. The van der Waals surface area contributed by atoms with E-state index in [9.17, 15) is 24.5 Å². The summed E-state index contributed by atoms with van der Waals surface area (Å²) in [5.74, 6) is -1.83. The van der Waals surface area contributed by atoms with E-state index in [1.165, 1.54) is 24.3 Å². The van der Waals surface area contributed by atoms with Crippen LogP contribution in [0.1, 0.15) is 31.1 Å². The Morgan fingerprint density at radius 3 is 2.13 bits per heavy atom. The third-order valence-corrected chi connectivity index (χ3v) is 4.84. The molecular weight excluding hydrogens is 468 g/mol. The number of amides is 3. The number of para-hydroxylation sites is 1. The molecule has 0 aliphatic heterocycles. The van der Waals surface area contributed by atoms with E-state index < -0.39 is 22.6 Å². The zero-order valence-corrected chi connectivity index (χ0v) is 17.4. The quantitative estimate of drug-likeness (QED) is 0.377. The second kappa shape index (κ2) is 9.63. The van der Waals surface area contributed by atoms with Crippen molar-refractivity contribution in [3.63, 3.8) is 0 Å². The highest BCUT2D eigenvalue weighted by molar-refractivity contribution is 9.10. The van der Waals surface area contributed by atoms with Gasteiger partial charge in [-0.15, -0.1) is 0 Å². The number of nitrogens with zero attached hydrogens (tertiary/aromatic N) is 1. The van der Waals surface area contributed by atoms with Crippen molar-refractivity contribution in [2.45, 2.75) is 0 Å². The average molecular weight is 483 g/mol. The topological polar surface area (TPSA) is 130 Å². The van der Waals surface area contributed by atoms with Crippen molar-refractivity contribution in [3.05, 3.63) is 104 Å². The molecule has 0 fully saturated rings. The third kappa shape index (κ3) is 5.31. The predicted molar refractivity (Wildman–Crippen MR) is 117 cm³/mol. The predicted octanol–water partition coefficient (Wildman–Crippen LogP) is 3.68. The van der Waals surface area contributed by atoms with Crippen molar-refractivity contribution in [1.82, 2.24) is 10.9 Å². The minimum atomic E-state index is -0.730. The maximum absolute atomic E-state index is 12.6. The van der Waals surface area contributed by atoms with Gasteiger partial charge < -0.3 is 5.32 Å². The molecule has 0 aliphatic carbocycles. The molecule has 3 aromatic rings. The number of rotatable bonds is 5. The lowest BCUT2D eigenvalue weighted by Gasteiger charge is -2.12. The molecule has 3 aromatic carbocycles. The summed E-state index contributed by atoms with van der Waals surface area (Å²) >= 11 is 3.30. The molecule has 0 radical (unpaired) electrons. The van der Waals surface area contributed by atoms with Crippen molar-refractivity contribution in [2.75, 3.05) is 5.32 Å². The maximum atomic E-state index is 12.6. The van der Waals surface area contributed by atoms with Crippen LogP contribution in [0.2, 0.25) is 0 Å². The van der Waals surface area contributed by atoms with Crippen molar-refractivity contribution in [1.29, 1.82) is 0 Å². The van der Waals surface area contributed by atoms with Crippen LogP contribution in [0.15, 0.2) is 77.3 Å². The molecule has 0 aromatic heterocycles. The van der Waals surface area contributed by atoms with Gasteiger partial charge in [0.1, 0.15) is 0 Å². The van der Waals surface area contributed by atoms with E-state index in [0.717, 1.165) is 6.07 Å². The van der Waals surface area contributed by atoms with Gasteiger partial charge in [0.2, 0.25) is 0 Å². The van der Waals surface area contributed by atoms with Crippen LogP contribution in [0.5, 0.6) is 0 Å². The molecule has 3 N–H and O–H groups in total. The summed E-state index contributed by atoms with van der Waals surface area (Å²) in [6.07, 6.45) is 0. The molecule has 156 valence electrons. The minimum Gasteiger partial charge on any atom is -0.321 e. The summed E-state index contributed by atoms with van der Waals surface area (Å²) < 4.78 is 0.596. The molecule has 9 nitrogen and oxygen atoms in total. The van der Waals surface area contributed by atoms with Gasteiger partial charge >= 0.3 is 0 Å². The van der Waals surface area contributed by atoms with Crippen LogP contribution in [0, 0.1) is 10.1 Å². The Morgan fingerprint density at radius 2 is 1.42 bits per heavy atom. The molecule has 10 heteroatoms. The molecule has 3 amide bonds. The first-order valence-electron chi connectivity index (χ1n) is 8.87. The highest BCUT2D eigenvalue weighted by atomic mass is 79.9. The van der Waals surface area contributed by atoms with Crippen molar-refractivity contribution in [3.8, 4) is 0 Å². The molecule has 0 spiro atoms. The van der Waals surface area contributed by atoms with Gasteiger partial charge in [-0.2, -0.15) is 0 Å². The molecule has 0 bridgehead atoms. The second-order valence-electron chi connectivity index (χ2n) is 6.20. The fourth-order valence-corrected chi connectivity index (χ4v) is 3.10. The molecule has 31 heavy (non-hydrogen) atoms. The number of halogens is 1. The van der Waals surface area contributed by atoms with Gasteiger partial charge in [0.25, 0.3) is 23.4 Å². The van der Waals surface area contributed by atoms with E-state index in [1.54, 1.807) is 42.5 Å². The summed E-state index contributed by atoms with van der Waals surface area (Å²) in [5.41, 5.74) is 4.94. The van der Waals surface area contributed by atoms with Gasteiger partial charge in [-0.3, -0.25) is 35.3 Å². The van der Waals surface area contributed by atoms with Gasteiger partial charge in [0.15, 0.2) is 0 Å². The summed E-state index contributed by atoms with van der Waals surface area (Å²) in [5, 5.41) is 13.5. The molecule has 0 aliphatic rings. The van der Waals surface area contributed by atoms with E-state index in [-0.39, 0.29) is 22.5 Å². The van der Waals surface area contributed by atoms with E-state index in [0.29, 0.717) is 10.0 Å². The maximum Gasteiger partial charge on any atom is 0.271 e. The van der Waals surface area contributed by atoms with E-state index in [1.807, 2.05) is 0 Å². The van der Waals surface area contributed by atoms with Crippen molar-refractivity contribution < 1.29 is 19.3 Å². The van der Waals surface area contributed by atoms with Gasteiger partial charge in [0, 0.05) is 22.2 Å². The van der Waals surface area contributed by atoms with Crippen LogP contribution in [-0.4, -0.2) is 22.6 Å². The minimum absolute atomic E-state index is 0.00464. The number of benzene rings is 3. The number of nitrogens with one attached hydrogen (secondary N) is 3. The van der Waals surface area contributed by atoms with Crippen LogP contribution in [0.25, 0.3) is 0 Å². The normalized spacial score (nSPS) is 10.1. The van der Waals surface area contributed by atoms with Gasteiger partial charge in [-0.05, 0) is 46.3 Å². The van der Waals surface area contributed by atoms with Gasteiger partial charge in [-0.25, -0.2) is 0 Å². The fraction of sp³-hybridized carbons (Fsp3) is 0. The Balaban J connectivity index is 1.71. The van der Waals surface area contributed by atoms with Crippen LogP contribution in [0.4, 0.5) is 11.4 Å². The second-order valence-corrected chi connectivity index (χ2v) is 7.05.